The van der Waals surface area contributed by atoms with Crippen molar-refractivity contribution in [2.24, 2.45) is 5.10 Å². The number of nitro groups is 1. The lowest BCUT2D eigenvalue weighted by Gasteiger charge is -2.02. The molecule has 0 saturated heterocycles. The molecule has 0 atom stereocenters. The summed E-state index contributed by atoms with van der Waals surface area (Å²) in [6.07, 6.45) is 1.49. The van der Waals surface area contributed by atoms with Gasteiger partial charge in [0.25, 0.3) is 5.69 Å². The predicted octanol–water partition coefficient (Wildman–Crippen LogP) is 4.46. The molecule has 7 heteroatoms. The van der Waals surface area contributed by atoms with E-state index in [0.29, 0.717) is 20.7 Å². The Labute approximate surface area is 128 Å². The zero-order chi connectivity index (χ0) is 14.5. The molecule has 2 aromatic rings. The maximum atomic E-state index is 10.8. The highest BCUT2D eigenvalue weighted by Gasteiger charge is 2.11. The van der Waals surface area contributed by atoms with Crippen LogP contribution in [0, 0.1) is 10.1 Å². The number of hydrogen-bond donors (Lipinski definition) is 1. The van der Waals surface area contributed by atoms with Gasteiger partial charge in [-0.25, -0.2) is 0 Å². The standard InChI is InChI=1S/C13H9BrClN3O2/c14-10-6-5-9(7-13(10)18(19)20)8-16-17-12-4-2-1-3-11(12)15/h1-8,17H/b16-8-. The summed E-state index contributed by atoms with van der Waals surface area (Å²) >= 11 is 9.09. The number of hydrogen-bond acceptors (Lipinski definition) is 4. The largest absolute Gasteiger partial charge is 0.284 e. The van der Waals surface area contributed by atoms with E-state index in [1.165, 1.54) is 12.3 Å². The van der Waals surface area contributed by atoms with E-state index in [4.69, 9.17) is 11.6 Å². The molecule has 0 saturated carbocycles. The molecule has 0 amide bonds. The lowest BCUT2D eigenvalue weighted by atomic mass is 10.2. The van der Waals surface area contributed by atoms with Crippen molar-refractivity contribution in [2.75, 3.05) is 5.43 Å². The van der Waals surface area contributed by atoms with E-state index in [2.05, 4.69) is 26.5 Å². The summed E-state index contributed by atoms with van der Waals surface area (Å²) in [5.41, 5.74) is 4.05. The van der Waals surface area contributed by atoms with Crippen molar-refractivity contribution in [3.05, 3.63) is 67.6 Å². The van der Waals surface area contributed by atoms with Gasteiger partial charge >= 0.3 is 0 Å². The third kappa shape index (κ3) is 3.55. The van der Waals surface area contributed by atoms with E-state index >= 15 is 0 Å². The first-order valence-electron chi connectivity index (χ1n) is 5.55. The molecular weight excluding hydrogens is 346 g/mol. The second kappa shape index (κ2) is 6.49. The fraction of sp³-hybridized carbons (Fsp3) is 0. The Kier molecular flexibility index (Phi) is 4.70. The maximum absolute atomic E-state index is 10.8. The lowest BCUT2D eigenvalue weighted by Crippen LogP contribution is -1.94. The number of para-hydroxylation sites is 1. The summed E-state index contributed by atoms with van der Waals surface area (Å²) < 4.78 is 0.429. The van der Waals surface area contributed by atoms with Crippen LogP contribution in [-0.2, 0) is 0 Å². The smallest absolute Gasteiger partial charge is 0.277 e. The van der Waals surface area contributed by atoms with Crippen LogP contribution in [0.15, 0.2) is 52.0 Å². The fourth-order valence-corrected chi connectivity index (χ4v) is 2.05. The van der Waals surface area contributed by atoms with Gasteiger partial charge in [-0.15, -0.1) is 0 Å². The number of hydrazone groups is 1. The van der Waals surface area contributed by atoms with Gasteiger partial charge in [-0.05, 0) is 34.1 Å². The number of nitro benzene ring substituents is 1. The van der Waals surface area contributed by atoms with Crippen LogP contribution in [0.2, 0.25) is 5.02 Å². The Balaban J connectivity index is 2.14. The molecule has 0 unspecified atom stereocenters. The number of nitrogens with zero attached hydrogens (tertiary/aromatic N) is 2. The predicted molar refractivity (Wildman–Crippen MR) is 83.5 cm³/mol. The third-order valence-electron chi connectivity index (χ3n) is 2.44. The second-order valence-corrected chi connectivity index (χ2v) is 5.08. The van der Waals surface area contributed by atoms with Crippen molar-refractivity contribution >= 4 is 45.1 Å². The zero-order valence-electron chi connectivity index (χ0n) is 10.1. The van der Waals surface area contributed by atoms with E-state index in [0.717, 1.165) is 0 Å². The Bertz CT molecular complexity index is 676. The van der Waals surface area contributed by atoms with E-state index in [1.54, 1.807) is 24.3 Å². The number of benzene rings is 2. The molecule has 5 nitrogen and oxygen atoms in total. The zero-order valence-corrected chi connectivity index (χ0v) is 12.4. The molecule has 1 N–H and O–H groups in total. The van der Waals surface area contributed by atoms with Crippen molar-refractivity contribution in [3.63, 3.8) is 0 Å². The highest BCUT2D eigenvalue weighted by atomic mass is 79.9. The summed E-state index contributed by atoms with van der Waals surface area (Å²) in [6.45, 7) is 0. The lowest BCUT2D eigenvalue weighted by molar-refractivity contribution is -0.385. The van der Waals surface area contributed by atoms with Crippen LogP contribution in [0.25, 0.3) is 0 Å². The first-order chi connectivity index (χ1) is 9.58. The van der Waals surface area contributed by atoms with Gasteiger partial charge < -0.3 is 0 Å². The molecular formula is C13H9BrClN3O2. The van der Waals surface area contributed by atoms with Crippen molar-refractivity contribution in [1.82, 2.24) is 0 Å². The number of nitrogens with one attached hydrogen (secondary N) is 1. The van der Waals surface area contributed by atoms with Crippen LogP contribution in [0.4, 0.5) is 11.4 Å². The molecule has 0 aliphatic rings. The topological polar surface area (TPSA) is 67.5 Å². The van der Waals surface area contributed by atoms with Crippen LogP contribution in [-0.4, -0.2) is 11.1 Å². The summed E-state index contributed by atoms with van der Waals surface area (Å²) in [4.78, 5) is 10.4. The Hall–Kier alpha value is -1.92. The van der Waals surface area contributed by atoms with Gasteiger partial charge in [0.2, 0.25) is 0 Å². The summed E-state index contributed by atoms with van der Waals surface area (Å²) in [7, 11) is 0. The number of anilines is 1. The normalized spacial score (nSPS) is 10.7. The Morgan fingerprint density at radius 2 is 2.05 bits per heavy atom. The number of rotatable bonds is 4. The summed E-state index contributed by atoms with van der Waals surface area (Å²) in [5.74, 6) is 0. The van der Waals surface area contributed by atoms with Gasteiger partial charge in [-0.2, -0.15) is 5.10 Å². The third-order valence-corrected chi connectivity index (χ3v) is 3.44. The SMILES string of the molecule is O=[N+]([O-])c1cc(/C=N\Nc2ccccc2Cl)ccc1Br. The van der Waals surface area contributed by atoms with Crippen molar-refractivity contribution < 1.29 is 4.92 Å². The van der Waals surface area contributed by atoms with Gasteiger partial charge in [0.05, 0.1) is 26.3 Å². The van der Waals surface area contributed by atoms with Crippen LogP contribution < -0.4 is 5.43 Å². The van der Waals surface area contributed by atoms with Gasteiger partial charge in [0.1, 0.15) is 0 Å². The average molecular weight is 355 g/mol. The van der Waals surface area contributed by atoms with Crippen molar-refractivity contribution in [1.29, 1.82) is 0 Å². The molecule has 0 radical (unpaired) electrons. The first-order valence-corrected chi connectivity index (χ1v) is 6.72. The van der Waals surface area contributed by atoms with Gasteiger partial charge in [0, 0.05) is 11.6 Å². The van der Waals surface area contributed by atoms with Gasteiger partial charge in [-0.3, -0.25) is 15.5 Å². The van der Waals surface area contributed by atoms with Crippen molar-refractivity contribution in [2.45, 2.75) is 0 Å². The van der Waals surface area contributed by atoms with Crippen LogP contribution >= 0.6 is 27.5 Å². The van der Waals surface area contributed by atoms with E-state index in [1.807, 2.05) is 12.1 Å². The fourth-order valence-electron chi connectivity index (χ4n) is 1.48. The Morgan fingerprint density at radius 1 is 1.30 bits per heavy atom. The molecule has 0 aromatic heterocycles. The average Bonchev–Trinajstić information content (AvgIpc) is 2.42. The minimum Gasteiger partial charge on any atom is -0.277 e. The molecule has 0 aliphatic carbocycles. The molecule has 0 aliphatic heterocycles. The molecule has 0 bridgehead atoms. The maximum Gasteiger partial charge on any atom is 0.284 e. The van der Waals surface area contributed by atoms with E-state index in [9.17, 15) is 10.1 Å². The minimum absolute atomic E-state index is 0.00769. The minimum atomic E-state index is -0.455. The van der Waals surface area contributed by atoms with E-state index < -0.39 is 4.92 Å². The highest BCUT2D eigenvalue weighted by Crippen LogP contribution is 2.25. The first kappa shape index (κ1) is 14.5. The van der Waals surface area contributed by atoms with Crippen LogP contribution in [0.5, 0.6) is 0 Å². The Morgan fingerprint density at radius 3 is 2.75 bits per heavy atom. The van der Waals surface area contributed by atoms with Gasteiger partial charge in [-0.1, -0.05) is 29.8 Å². The molecule has 20 heavy (non-hydrogen) atoms. The molecule has 0 spiro atoms. The van der Waals surface area contributed by atoms with Crippen LogP contribution in [0.1, 0.15) is 5.56 Å². The quantitative estimate of drug-likeness (QED) is 0.501. The highest BCUT2D eigenvalue weighted by molar-refractivity contribution is 9.10. The molecule has 0 fully saturated rings. The summed E-state index contributed by atoms with van der Waals surface area (Å²) in [6, 6.07) is 11.9. The molecule has 102 valence electrons. The van der Waals surface area contributed by atoms with Crippen LogP contribution in [0.3, 0.4) is 0 Å². The molecule has 2 aromatic carbocycles. The molecule has 0 heterocycles. The van der Waals surface area contributed by atoms with E-state index in [-0.39, 0.29) is 5.69 Å². The molecule has 2 rings (SSSR count). The monoisotopic (exact) mass is 353 g/mol. The second-order valence-electron chi connectivity index (χ2n) is 3.82. The summed E-state index contributed by atoms with van der Waals surface area (Å²) in [5, 5.41) is 15.4. The number of halogens is 2. The van der Waals surface area contributed by atoms with Crippen molar-refractivity contribution in [3.8, 4) is 0 Å². The van der Waals surface area contributed by atoms with Gasteiger partial charge in [0.15, 0.2) is 0 Å².